The van der Waals surface area contributed by atoms with Crippen molar-refractivity contribution in [3.05, 3.63) is 29.8 Å². The molecule has 1 aromatic carbocycles. The summed E-state index contributed by atoms with van der Waals surface area (Å²) in [5.74, 6) is 0.442. The SMILES string of the molecule is CN(C)C(=O)Oc1ccccc1CC#N. The average Bonchev–Trinajstić information content (AvgIpc) is 2.21. The lowest BCUT2D eigenvalue weighted by atomic mass is 10.1. The second kappa shape index (κ2) is 5.01. The zero-order valence-electron chi connectivity index (χ0n) is 8.73. The highest BCUT2D eigenvalue weighted by Gasteiger charge is 2.09. The molecule has 0 N–H and O–H groups in total. The Morgan fingerprint density at radius 3 is 2.73 bits per heavy atom. The Labute approximate surface area is 88.7 Å². The molecule has 0 radical (unpaired) electrons. The Kier molecular flexibility index (Phi) is 3.69. The van der Waals surface area contributed by atoms with Crippen molar-refractivity contribution in [2.24, 2.45) is 0 Å². The van der Waals surface area contributed by atoms with E-state index in [1.54, 1.807) is 38.4 Å². The van der Waals surface area contributed by atoms with E-state index in [9.17, 15) is 4.79 Å². The summed E-state index contributed by atoms with van der Waals surface area (Å²) in [5.41, 5.74) is 0.718. The number of carbonyl (C=O) groups excluding carboxylic acids is 1. The molecular weight excluding hydrogens is 192 g/mol. The van der Waals surface area contributed by atoms with Gasteiger partial charge in [-0.2, -0.15) is 5.26 Å². The first-order valence-corrected chi connectivity index (χ1v) is 4.49. The molecule has 1 rings (SSSR count). The van der Waals surface area contributed by atoms with Crippen LogP contribution >= 0.6 is 0 Å². The number of hydrogen-bond donors (Lipinski definition) is 0. The van der Waals surface area contributed by atoms with Gasteiger partial charge in [0, 0.05) is 19.7 Å². The molecule has 0 spiro atoms. The van der Waals surface area contributed by atoms with Crippen LogP contribution in [-0.4, -0.2) is 25.1 Å². The first-order valence-electron chi connectivity index (χ1n) is 4.49. The number of carbonyl (C=O) groups is 1. The van der Waals surface area contributed by atoms with Crippen LogP contribution in [0.5, 0.6) is 5.75 Å². The first kappa shape index (κ1) is 11.1. The van der Waals surface area contributed by atoms with Gasteiger partial charge in [-0.05, 0) is 6.07 Å². The number of ether oxygens (including phenoxy) is 1. The van der Waals surface area contributed by atoms with Crippen molar-refractivity contribution in [3.63, 3.8) is 0 Å². The standard InChI is InChI=1S/C11H12N2O2/c1-13(2)11(14)15-10-6-4-3-5-9(10)7-8-12/h3-6H,7H2,1-2H3. The lowest BCUT2D eigenvalue weighted by Gasteiger charge is -2.12. The van der Waals surface area contributed by atoms with Gasteiger partial charge in [0.1, 0.15) is 5.75 Å². The van der Waals surface area contributed by atoms with Gasteiger partial charge in [-0.1, -0.05) is 18.2 Å². The molecule has 0 saturated carbocycles. The summed E-state index contributed by atoms with van der Waals surface area (Å²) >= 11 is 0. The summed E-state index contributed by atoms with van der Waals surface area (Å²) < 4.78 is 5.10. The number of benzene rings is 1. The molecule has 0 atom stereocenters. The van der Waals surface area contributed by atoms with Gasteiger partial charge in [-0.3, -0.25) is 0 Å². The fourth-order valence-corrected chi connectivity index (χ4v) is 1.02. The van der Waals surface area contributed by atoms with Crippen molar-refractivity contribution in [3.8, 4) is 11.8 Å². The molecule has 1 amide bonds. The Hall–Kier alpha value is -2.02. The molecule has 4 nitrogen and oxygen atoms in total. The third-order valence-corrected chi connectivity index (χ3v) is 1.80. The van der Waals surface area contributed by atoms with Gasteiger partial charge >= 0.3 is 6.09 Å². The van der Waals surface area contributed by atoms with E-state index in [1.807, 2.05) is 6.07 Å². The first-order chi connectivity index (χ1) is 7.15. The molecule has 0 saturated heterocycles. The van der Waals surface area contributed by atoms with Crippen molar-refractivity contribution in [2.75, 3.05) is 14.1 Å². The Morgan fingerprint density at radius 1 is 1.47 bits per heavy atom. The van der Waals surface area contributed by atoms with Crippen LogP contribution in [0.1, 0.15) is 5.56 Å². The maximum atomic E-state index is 11.3. The van der Waals surface area contributed by atoms with E-state index < -0.39 is 6.09 Å². The molecule has 0 aliphatic carbocycles. The molecular formula is C11H12N2O2. The maximum absolute atomic E-state index is 11.3. The Morgan fingerprint density at radius 2 is 2.13 bits per heavy atom. The van der Waals surface area contributed by atoms with Crippen molar-refractivity contribution in [1.29, 1.82) is 5.26 Å². The van der Waals surface area contributed by atoms with Crippen LogP contribution in [-0.2, 0) is 6.42 Å². The number of para-hydroxylation sites is 1. The summed E-state index contributed by atoms with van der Waals surface area (Å²) in [4.78, 5) is 12.6. The van der Waals surface area contributed by atoms with Crippen molar-refractivity contribution < 1.29 is 9.53 Å². The average molecular weight is 204 g/mol. The number of rotatable bonds is 2. The molecule has 0 heterocycles. The Balaban J connectivity index is 2.85. The minimum absolute atomic E-state index is 0.233. The van der Waals surface area contributed by atoms with Gasteiger partial charge in [-0.25, -0.2) is 4.79 Å². The van der Waals surface area contributed by atoms with Crippen LogP contribution < -0.4 is 4.74 Å². The third-order valence-electron chi connectivity index (χ3n) is 1.80. The number of nitriles is 1. The van der Waals surface area contributed by atoms with E-state index in [2.05, 4.69) is 0 Å². The van der Waals surface area contributed by atoms with Gasteiger partial charge < -0.3 is 9.64 Å². The van der Waals surface area contributed by atoms with Gasteiger partial charge in [-0.15, -0.1) is 0 Å². The highest BCUT2D eigenvalue weighted by Crippen LogP contribution is 2.18. The van der Waals surface area contributed by atoms with Gasteiger partial charge in [0.05, 0.1) is 12.5 Å². The molecule has 0 bridgehead atoms. The molecule has 1 aromatic rings. The van der Waals surface area contributed by atoms with Crippen LogP contribution in [0.3, 0.4) is 0 Å². The molecule has 0 aliphatic heterocycles. The van der Waals surface area contributed by atoms with Gasteiger partial charge in [0.25, 0.3) is 0 Å². The fraction of sp³-hybridized carbons (Fsp3) is 0.273. The molecule has 0 fully saturated rings. The lowest BCUT2D eigenvalue weighted by Crippen LogP contribution is -2.25. The summed E-state index contributed by atoms with van der Waals surface area (Å²) in [5, 5.41) is 8.59. The minimum atomic E-state index is -0.444. The molecule has 0 aliphatic rings. The van der Waals surface area contributed by atoms with Crippen molar-refractivity contribution in [2.45, 2.75) is 6.42 Å². The molecule has 15 heavy (non-hydrogen) atoms. The smallest absolute Gasteiger partial charge is 0.410 e. The zero-order chi connectivity index (χ0) is 11.3. The predicted octanol–water partition coefficient (Wildman–Crippen LogP) is 1.81. The highest BCUT2D eigenvalue weighted by molar-refractivity contribution is 5.70. The fourth-order valence-electron chi connectivity index (χ4n) is 1.02. The lowest BCUT2D eigenvalue weighted by molar-refractivity contribution is 0.171. The van der Waals surface area contributed by atoms with Gasteiger partial charge in [0.15, 0.2) is 0 Å². The molecule has 4 heteroatoms. The monoisotopic (exact) mass is 204 g/mol. The van der Waals surface area contributed by atoms with Crippen LogP contribution in [0.15, 0.2) is 24.3 Å². The zero-order valence-corrected chi connectivity index (χ0v) is 8.73. The van der Waals surface area contributed by atoms with Crippen LogP contribution in [0.25, 0.3) is 0 Å². The number of hydrogen-bond acceptors (Lipinski definition) is 3. The summed E-state index contributed by atoms with van der Waals surface area (Å²) in [6.07, 6.45) is -0.211. The maximum Gasteiger partial charge on any atom is 0.414 e. The summed E-state index contributed by atoms with van der Waals surface area (Å²) in [6.45, 7) is 0. The minimum Gasteiger partial charge on any atom is -0.410 e. The van der Waals surface area contributed by atoms with E-state index in [1.165, 1.54) is 4.90 Å². The second-order valence-corrected chi connectivity index (χ2v) is 3.21. The van der Waals surface area contributed by atoms with Crippen molar-refractivity contribution in [1.82, 2.24) is 4.90 Å². The highest BCUT2D eigenvalue weighted by atomic mass is 16.6. The topological polar surface area (TPSA) is 53.3 Å². The predicted molar refractivity (Wildman–Crippen MR) is 55.5 cm³/mol. The van der Waals surface area contributed by atoms with E-state index in [0.29, 0.717) is 5.75 Å². The number of nitrogens with zero attached hydrogens (tertiary/aromatic N) is 2. The largest absolute Gasteiger partial charge is 0.414 e. The number of amides is 1. The van der Waals surface area contributed by atoms with E-state index in [4.69, 9.17) is 10.00 Å². The van der Waals surface area contributed by atoms with Crippen LogP contribution in [0.4, 0.5) is 4.79 Å². The summed E-state index contributed by atoms with van der Waals surface area (Å²) in [7, 11) is 3.21. The van der Waals surface area contributed by atoms with Crippen LogP contribution in [0, 0.1) is 11.3 Å². The summed E-state index contributed by atoms with van der Waals surface area (Å²) in [6, 6.07) is 9.03. The van der Waals surface area contributed by atoms with Gasteiger partial charge in [0.2, 0.25) is 0 Å². The van der Waals surface area contributed by atoms with E-state index in [0.717, 1.165) is 5.56 Å². The van der Waals surface area contributed by atoms with Crippen LogP contribution in [0.2, 0.25) is 0 Å². The third kappa shape index (κ3) is 2.99. The molecule has 0 unspecified atom stereocenters. The molecule has 0 aromatic heterocycles. The quantitative estimate of drug-likeness (QED) is 0.738. The normalized spacial score (nSPS) is 9.13. The Bertz CT molecular complexity index is 394. The van der Waals surface area contributed by atoms with E-state index >= 15 is 0 Å². The van der Waals surface area contributed by atoms with E-state index in [-0.39, 0.29) is 6.42 Å². The molecule has 78 valence electrons. The second-order valence-electron chi connectivity index (χ2n) is 3.21. The van der Waals surface area contributed by atoms with Crippen molar-refractivity contribution >= 4 is 6.09 Å².